The van der Waals surface area contributed by atoms with Gasteiger partial charge in [-0.15, -0.1) is 0 Å². The van der Waals surface area contributed by atoms with Crippen molar-refractivity contribution in [3.63, 3.8) is 0 Å². The molecule has 3 heteroatoms. The normalized spacial score (nSPS) is 14.7. The first-order chi connectivity index (χ1) is 10.2. The van der Waals surface area contributed by atoms with Crippen molar-refractivity contribution in [1.29, 1.82) is 0 Å². The molecule has 2 aromatic carbocycles. The highest BCUT2D eigenvalue weighted by molar-refractivity contribution is 6.12. The lowest BCUT2D eigenvalue weighted by Crippen LogP contribution is -2.14. The van der Waals surface area contributed by atoms with Crippen LogP contribution in [0.25, 0.3) is 5.70 Å². The number of rotatable bonds is 2. The average molecular weight is 278 g/mol. The minimum Gasteiger partial charge on any atom is -0.507 e. The van der Waals surface area contributed by atoms with Gasteiger partial charge in [-0.1, -0.05) is 35.9 Å². The van der Waals surface area contributed by atoms with Gasteiger partial charge in [0.1, 0.15) is 5.75 Å². The maximum atomic E-state index is 10.0. The number of hydrogen-bond acceptors (Lipinski definition) is 3. The lowest BCUT2D eigenvalue weighted by Gasteiger charge is -2.10. The topological polar surface area (TPSA) is 44.6 Å². The van der Waals surface area contributed by atoms with Gasteiger partial charge in [-0.05, 0) is 36.8 Å². The van der Waals surface area contributed by atoms with Crippen molar-refractivity contribution in [2.24, 2.45) is 4.99 Å². The van der Waals surface area contributed by atoms with E-state index in [9.17, 15) is 5.11 Å². The number of hydrogen-bond donors (Lipinski definition) is 2. The molecular formula is C18H18N2O. The Hall–Kier alpha value is -2.55. The number of nitrogens with one attached hydrogen (secondary N) is 1. The largest absolute Gasteiger partial charge is 0.507 e. The van der Waals surface area contributed by atoms with Crippen molar-refractivity contribution < 1.29 is 5.11 Å². The van der Waals surface area contributed by atoms with Crippen LogP contribution in [0, 0.1) is 6.92 Å². The Morgan fingerprint density at radius 2 is 1.95 bits per heavy atom. The number of allylic oxidation sites excluding steroid dienone is 1. The maximum Gasteiger partial charge on any atom is 0.124 e. The van der Waals surface area contributed by atoms with Gasteiger partial charge >= 0.3 is 0 Å². The van der Waals surface area contributed by atoms with Gasteiger partial charge < -0.3 is 10.4 Å². The third-order valence-electron chi connectivity index (χ3n) is 3.50. The van der Waals surface area contributed by atoms with Gasteiger partial charge in [-0.2, -0.15) is 0 Å². The number of aryl methyl sites for hydroxylation is 1. The van der Waals surface area contributed by atoms with E-state index in [4.69, 9.17) is 0 Å². The summed E-state index contributed by atoms with van der Waals surface area (Å²) in [5, 5.41) is 13.4. The standard InChI is InChI=1S/C18H18N2O/c1-13-5-4-6-14(11-13)16-12-17(20-10-9-19-16)15-7-2-3-8-18(15)21/h2-8,11-12,20-21H,9-10H2,1H3. The Morgan fingerprint density at radius 3 is 2.76 bits per heavy atom. The summed E-state index contributed by atoms with van der Waals surface area (Å²) in [5.74, 6) is 0.279. The van der Waals surface area contributed by atoms with Crippen molar-refractivity contribution in [3.05, 3.63) is 71.3 Å². The molecule has 0 fully saturated rings. The summed E-state index contributed by atoms with van der Waals surface area (Å²) in [7, 11) is 0. The van der Waals surface area contributed by atoms with Crippen LogP contribution in [-0.4, -0.2) is 23.9 Å². The molecule has 1 aliphatic heterocycles. The second-order valence-corrected chi connectivity index (χ2v) is 5.14. The van der Waals surface area contributed by atoms with Crippen molar-refractivity contribution in [2.45, 2.75) is 6.92 Å². The molecule has 0 aliphatic carbocycles. The van der Waals surface area contributed by atoms with E-state index in [1.165, 1.54) is 5.56 Å². The van der Waals surface area contributed by atoms with Crippen LogP contribution in [0.3, 0.4) is 0 Å². The summed E-state index contributed by atoms with van der Waals surface area (Å²) in [6, 6.07) is 15.7. The number of para-hydroxylation sites is 1. The fourth-order valence-corrected chi connectivity index (χ4v) is 2.45. The number of benzene rings is 2. The predicted octanol–water partition coefficient (Wildman–Crippen LogP) is 3.13. The molecule has 0 bridgehead atoms. The first-order valence-corrected chi connectivity index (χ1v) is 7.09. The Bertz CT molecular complexity index is 717. The molecule has 1 aliphatic rings. The van der Waals surface area contributed by atoms with Gasteiger partial charge in [0.05, 0.1) is 12.3 Å². The number of nitrogens with zero attached hydrogens (tertiary/aromatic N) is 1. The molecule has 0 spiro atoms. The number of aliphatic imine (C=N–C) groups is 1. The second-order valence-electron chi connectivity index (χ2n) is 5.14. The summed E-state index contributed by atoms with van der Waals surface area (Å²) < 4.78 is 0. The molecule has 0 saturated heterocycles. The third kappa shape index (κ3) is 2.97. The predicted molar refractivity (Wildman–Crippen MR) is 86.7 cm³/mol. The van der Waals surface area contributed by atoms with Crippen molar-refractivity contribution >= 4 is 11.4 Å². The van der Waals surface area contributed by atoms with E-state index < -0.39 is 0 Å². The maximum absolute atomic E-state index is 10.0. The molecule has 0 atom stereocenters. The van der Waals surface area contributed by atoms with Crippen LogP contribution in [0.4, 0.5) is 0 Å². The first kappa shape index (κ1) is 13.4. The number of phenolic OH excluding ortho intramolecular Hbond substituents is 1. The number of aromatic hydroxyl groups is 1. The smallest absolute Gasteiger partial charge is 0.124 e. The van der Waals surface area contributed by atoms with E-state index in [0.717, 1.165) is 35.6 Å². The quantitative estimate of drug-likeness (QED) is 0.886. The zero-order valence-electron chi connectivity index (χ0n) is 12.0. The number of phenols is 1. The molecule has 106 valence electrons. The summed E-state index contributed by atoms with van der Waals surface area (Å²) in [6.07, 6.45) is 2.01. The molecule has 0 unspecified atom stereocenters. The Labute approximate surface area is 124 Å². The third-order valence-corrected chi connectivity index (χ3v) is 3.50. The highest BCUT2D eigenvalue weighted by atomic mass is 16.3. The van der Waals surface area contributed by atoms with Crippen LogP contribution in [0.1, 0.15) is 16.7 Å². The second kappa shape index (κ2) is 5.83. The zero-order valence-corrected chi connectivity index (χ0v) is 12.0. The molecule has 0 radical (unpaired) electrons. The van der Waals surface area contributed by atoms with Crippen molar-refractivity contribution in [2.75, 3.05) is 13.1 Å². The minimum atomic E-state index is 0.279. The highest BCUT2D eigenvalue weighted by Gasteiger charge is 2.11. The van der Waals surface area contributed by atoms with E-state index in [0.29, 0.717) is 0 Å². The fourth-order valence-electron chi connectivity index (χ4n) is 2.45. The van der Waals surface area contributed by atoms with Crippen molar-refractivity contribution in [3.8, 4) is 5.75 Å². The zero-order chi connectivity index (χ0) is 14.7. The van der Waals surface area contributed by atoms with Gasteiger partial charge in [0.15, 0.2) is 0 Å². The van der Waals surface area contributed by atoms with Gasteiger partial charge in [0, 0.05) is 17.8 Å². The molecule has 21 heavy (non-hydrogen) atoms. The monoisotopic (exact) mass is 278 g/mol. The van der Waals surface area contributed by atoms with Gasteiger partial charge in [-0.25, -0.2) is 0 Å². The van der Waals surface area contributed by atoms with Crippen LogP contribution in [0.2, 0.25) is 0 Å². The average Bonchev–Trinajstić information content (AvgIpc) is 2.74. The fraction of sp³-hybridized carbons (Fsp3) is 0.167. The van der Waals surface area contributed by atoms with Crippen LogP contribution in [0.15, 0.2) is 59.6 Å². The molecule has 0 aromatic heterocycles. The molecule has 2 aromatic rings. The Morgan fingerprint density at radius 1 is 1.10 bits per heavy atom. The molecule has 0 amide bonds. The molecular weight excluding hydrogens is 260 g/mol. The van der Waals surface area contributed by atoms with Crippen LogP contribution >= 0.6 is 0 Å². The summed E-state index contributed by atoms with van der Waals surface area (Å²) >= 11 is 0. The first-order valence-electron chi connectivity index (χ1n) is 7.09. The van der Waals surface area contributed by atoms with Crippen LogP contribution < -0.4 is 5.32 Å². The summed E-state index contributed by atoms with van der Waals surface area (Å²) in [4.78, 5) is 4.64. The SMILES string of the molecule is Cc1cccc(C2=NCCNC(c3ccccc3O)=C2)c1. The highest BCUT2D eigenvalue weighted by Crippen LogP contribution is 2.24. The molecule has 3 nitrogen and oxygen atoms in total. The molecule has 3 rings (SSSR count). The lowest BCUT2D eigenvalue weighted by molar-refractivity contribution is 0.473. The van der Waals surface area contributed by atoms with E-state index in [1.54, 1.807) is 6.07 Å². The summed E-state index contributed by atoms with van der Waals surface area (Å²) in [5.41, 5.74) is 4.98. The van der Waals surface area contributed by atoms with Gasteiger partial charge in [-0.3, -0.25) is 4.99 Å². The van der Waals surface area contributed by atoms with E-state index in [-0.39, 0.29) is 5.75 Å². The molecule has 2 N–H and O–H groups in total. The van der Waals surface area contributed by atoms with Crippen LogP contribution in [-0.2, 0) is 0 Å². The lowest BCUT2D eigenvalue weighted by atomic mass is 10.0. The van der Waals surface area contributed by atoms with Crippen molar-refractivity contribution in [1.82, 2.24) is 5.32 Å². The van der Waals surface area contributed by atoms with E-state index in [1.807, 2.05) is 30.3 Å². The Balaban J connectivity index is 2.03. The Kier molecular flexibility index (Phi) is 3.73. The summed E-state index contributed by atoms with van der Waals surface area (Å²) in [6.45, 7) is 3.55. The molecule has 0 saturated carbocycles. The van der Waals surface area contributed by atoms with Crippen LogP contribution in [0.5, 0.6) is 5.75 Å². The minimum absolute atomic E-state index is 0.279. The molecule has 1 heterocycles. The van der Waals surface area contributed by atoms with E-state index in [2.05, 4.69) is 35.4 Å². The van der Waals surface area contributed by atoms with Gasteiger partial charge in [0.25, 0.3) is 0 Å². The van der Waals surface area contributed by atoms with Gasteiger partial charge in [0.2, 0.25) is 0 Å². The van der Waals surface area contributed by atoms with E-state index >= 15 is 0 Å².